The summed E-state index contributed by atoms with van der Waals surface area (Å²) >= 11 is 8.16. The van der Waals surface area contributed by atoms with E-state index in [-0.39, 0.29) is 5.97 Å². The van der Waals surface area contributed by atoms with Crippen LogP contribution in [0.25, 0.3) is 0 Å². The average Bonchev–Trinajstić information content (AvgIpc) is 2.88. The number of piperazine rings is 1. The Morgan fingerprint density at radius 2 is 1.77 bits per heavy atom. The van der Waals surface area contributed by atoms with Gasteiger partial charge in [0.2, 0.25) is 0 Å². The third-order valence-corrected chi connectivity index (χ3v) is 8.15. The van der Waals surface area contributed by atoms with Gasteiger partial charge in [0.05, 0.1) is 11.4 Å². The number of nitrogens with zero attached hydrogens (tertiary/aromatic N) is 3. The maximum atomic E-state index is 11.9. The summed E-state index contributed by atoms with van der Waals surface area (Å²) in [5.74, 6) is 0.254. The highest BCUT2D eigenvalue weighted by Crippen LogP contribution is 2.48. The van der Waals surface area contributed by atoms with Gasteiger partial charge in [-0.2, -0.15) is 0 Å². The van der Waals surface area contributed by atoms with Crippen molar-refractivity contribution in [1.29, 1.82) is 0 Å². The molecular weight excluding hydrogens is 478 g/mol. The molecule has 0 unspecified atom stereocenters. The van der Waals surface area contributed by atoms with Crippen LogP contribution in [0.4, 0.5) is 11.4 Å². The number of allylic oxidation sites excluding steroid dienone is 1. The largest absolute Gasteiger partial charge is 0.464 e. The second kappa shape index (κ2) is 12.8. The van der Waals surface area contributed by atoms with E-state index in [4.69, 9.17) is 16.3 Å². The fourth-order valence-electron chi connectivity index (χ4n) is 4.56. The van der Waals surface area contributed by atoms with Crippen molar-refractivity contribution in [3.63, 3.8) is 0 Å². The van der Waals surface area contributed by atoms with Crippen molar-refractivity contribution in [3.05, 3.63) is 60.1 Å². The number of anilines is 2. The lowest BCUT2D eigenvalue weighted by Crippen LogP contribution is -2.47. The van der Waals surface area contributed by atoms with Crippen molar-refractivity contribution in [2.75, 3.05) is 57.3 Å². The molecule has 0 amide bonds. The number of para-hydroxylation sites is 1. The van der Waals surface area contributed by atoms with Gasteiger partial charge in [0, 0.05) is 60.5 Å². The molecule has 0 N–H and O–H groups in total. The first-order chi connectivity index (χ1) is 17.0. The minimum Gasteiger partial charge on any atom is -0.464 e. The molecule has 0 saturated carbocycles. The molecule has 0 aliphatic carbocycles. The molecule has 0 bridgehead atoms. The summed E-state index contributed by atoms with van der Waals surface area (Å²) in [4.78, 5) is 21.8. The van der Waals surface area contributed by atoms with Crippen molar-refractivity contribution in [2.45, 2.75) is 36.0 Å². The summed E-state index contributed by atoms with van der Waals surface area (Å²) < 4.78 is 5.42. The number of ether oxygens (including phenoxy) is 1. The fraction of sp³-hybridized carbons (Fsp3) is 0.464. The minimum atomic E-state index is -0.0992. The molecular formula is C28H36ClN3O2S. The lowest BCUT2D eigenvalue weighted by Gasteiger charge is -2.36. The predicted molar refractivity (Wildman–Crippen MR) is 146 cm³/mol. The van der Waals surface area contributed by atoms with Gasteiger partial charge >= 0.3 is 5.97 Å². The van der Waals surface area contributed by atoms with E-state index >= 15 is 0 Å². The smallest absolute Gasteiger partial charge is 0.305 e. The Bertz CT molecular complexity index is 1010. The summed E-state index contributed by atoms with van der Waals surface area (Å²) in [6, 6.07) is 14.8. The molecule has 5 nitrogen and oxygen atoms in total. The molecule has 0 aromatic heterocycles. The molecule has 0 radical (unpaired) electrons. The highest BCUT2D eigenvalue weighted by Gasteiger charge is 2.24. The molecule has 2 heterocycles. The molecule has 2 aromatic carbocycles. The second-order valence-corrected chi connectivity index (χ2v) is 10.9. The van der Waals surface area contributed by atoms with E-state index in [1.54, 1.807) is 0 Å². The van der Waals surface area contributed by atoms with Gasteiger partial charge in [0.25, 0.3) is 0 Å². The number of hydrogen-bond donors (Lipinski definition) is 0. The Hall–Kier alpha value is -1.99. The Kier molecular flexibility index (Phi) is 9.55. The molecule has 4 rings (SSSR count). The standard InChI is InChI=1S/C28H36ClN3O2S/c1-3-22(2)9-12-28(33)34-20-19-31-17-15-30(16-18-31)13-6-14-32-24-7-4-5-8-26(24)35-27-11-10-23(29)21-25(27)32/h3-5,7-8,10-11,21-22H,1,6,9,12-20H2,2H3/t22-/m1/s1. The van der Waals surface area contributed by atoms with Gasteiger partial charge in [-0.25, -0.2) is 0 Å². The monoisotopic (exact) mass is 513 g/mol. The van der Waals surface area contributed by atoms with Crippen LogP contribution in [0.2, 0.25) is 5.02 Å². The minimum absolute atomic E-state index is 0.0992. The van der Waals surface area contributed by atoms with Gasteiger partial charge in [-0.1, -0.05) is 48.5 Å². The summed E-state index contributed by atoms with van der Waals surface area (Å²) in [6.45, 7) is 13.3. The van der Waals surface area contributed by atoms with Crippen LogP contribution in [-0.4, -0.2) is 68.2 Å². The van der Waals surface area contributed by atoms with Crippen molar-refractivity contribution in [1.82, 2.24) is 9.80 Å². The van der Waals surface area contributed by atoms with Crippen molar-refractivity contribution >= 4 is 40.7 Å². The van der Waals surface area contributed by atoms with Gasteiger partial charge < -0.3 is 14.5 Å². The van der Waals surface area contributed by atoms with Gasteiger partial charge in [-0.15, -0.1) is 6.58 Å². The van der Waals surface area contributed by atoms with Crippen LogP contribution in [0.3, 0.4) is 0 Å². The quantitative estimate of drug-likeness (QED) is 0.267. The zero-order chi connectivity index (χ0) is 24.6. The SMILES string of the molecule is C=C[C@@H](C)CCC(=O)OCCN1CCN(CCCN2c3ccccc3Sc3ccc(Cl)cc32)CC1. The van der Waals surface area contributed by atoms with Crippen molar-refractivity contribution in [3.8, 4) is 0 Å². The van der Waals surface area contributed by atoms with Gasteiger partial charge in [-0.05, 0) is 55.6 Å². The van der Waals surface area contributed by atoms with Crippen molar-refractivity contribution in [2.24, 2.45) is 5.92 Å². The maximum absolute atomic E-state index is 11.9. The van der Waals surface area contributed by atoms with Gasteiger partial charge in [-0.3, -0.25) is 9.69 Å². The Balaban J connectivity index is 1.19. The van der Waals surface area contributed by atoms with Crippen LogP contribution in [0, 0.1) is 5.92 Å². The third kappa shape index (κ3) is 7.26. The number of rotatable bonds is 11. The highest BCUT2D eigenvalue weighted by molar-refractivity contribution is 7.99. The molecule has 2 aromatic rings. The van der Waals surface area contributed by atoms with Crippen LogP contribution in [0.5, 0.6) is 0 Å². The van der Waals surface area contributed by atoms with E-state index in [0.29, 0.717) is 18.9 Å². The van der Waals surface area contributed by atoms with Crippen LogP contribution in [0.15, 0.2) is 64.9 Å². The van der Waals surface area contributed by atoms with E-state index in [0.717, 1.165) is 63.7 Å². The number of carbonyl (C=O) groups excluding carboxylic acids is 1. The maximum Gasteiger partial charge on any atom is 0.305 e. The van der Waals surface area contributed by atoms with Crippen LogP contribution < -0.4 is 4.90 Å². The molecule has 2 aliphatic heterocycles. The Labute approximate surface area is 219 Å². The molecule has 1 fully saturated rings. The normalized spacial score (nSPS) is 16.9. The summed E-state index contributed by atoms with van der Waals surface area (Å²) in [6.07, 6.45) is 4.25. The van der Waals surface area contributed by atoms with Gasteiger partial charge in [0.15, 0.2) is 0 Å². The first-order valence-corrected chi connectivity index (χ1v) is 13.8. The molecule has 1 atom stereocenters. The molecule has 1 saturated heterocycles. The van der Waals surface area contributed by atoms with Gasteiger partial charge in [0.1, 0.15) is 6.61 Å². The number of benzene rings is 2. The number of halogens is 1. The number of carbonyl (C=O) groups is 1. The number of hydrogen-bond acceptors (Lipinski definition) is 6. The fourth-order valence-corrected chi connectivity index (χ4v) is 5.80. The lowest BCUT2D eigenvalue weighted by atomic mass is 10.1. The topological polar surface area (TPSA) is 36.0 Å². The first-order valence-electron chi connectivity index (χ1n) is 12.6. The number of fused-ring (bicyclic) bond motifs is 2. The Morgan fingerprint density at radius 1 is 1.06 bits per heavy atom. The lowest BCUT2D eigenvalue weighted by molar-refractivity contribution is -0.144. The molecule has 0 spiro atoms. The highest BCUT2D eigenvalue weighted by atomic mass is 35.5. The molecule has 2 aliphatic rings. The van der Waals surface area contributed by atoms with E-state index in [1.807, 2.05) is 23.9 Å². The van der Waals surface area contributed by atoms with E-state index in [1.165, 1.54) is 21.2 Å². The van der Waals surface area contributed by atoms with Crippen LogP contribution >= 0.6 is 23.4 Å². The Morgan fingerprint density at radius 3 is 2.54 bits per heavy atom. The summed E-state index contributed by atoms with van der Waals surface area (Å²) in [5.41, 5.74) is 2.48. The third-order valence-electron chi connectivity index (χ3n) is 6.79. The van der Waals surface area contributed by atoms with Crippen molar-refractivity contribution < 1.29 is 9.53 Å². The van der Waals surface area contributed by atoms with Crippen LogP contribution in [0.1, 0.15) is 26.2 Å². The summed E-state index contributed by atoms with van der Waals surface area (Å²) in [7, 11) is 0. The number of esters is 1. The van der Waals surface area contributed by atoms with E-state index in [9.17, 15) is 4.79 Å². The van der Waals surface area contributed by atoms with E-state index in [2.05, 4.69) is 64.6 Å². The molecule has 7 heteroatoms. The second-order valence-electron chi connectivity index (χ2n) is 9.34. The average molecular weight is 514 g/mol. The zero-order valence-corrected chi connectivity index (χ0v) is 22.2. The first kappa shape index (κ1) is 26.1. The van der Waals surface area contributed by atoms with E-state index < -0.39 is 0 Å². The zero-order valence-electron chi connectivity index (χ0n) is 20.6. The molecule has 188 valence electrons. The van der Waals surface area contributed by atoms with Crippen LogP contribution in [-0.2, 0) is 9.53 Å². The predicted octanol–water partition coefficient (Wildman–Crippen LogP) is 6.10. The summed E-state index contributed by atoms with van der Waals surface area (Å²) in [5, 5.41) is 0.779. The molecule has 35 heavy (non-hydrogen) atoms.